The van der Waals surface area contributed by atoms with Crippen molar-refractivity contribution in [2.75, 3.05) is 18.1 Å². The van der Waals surface area contributed by atoms with Gasteiger partial charge in [0.1, 0.15) is 12.3 Å². The van der Waals surface area contributed by atoms with Crippen LogP contribution >= 0.6 is 0 Å². The van der Waals surface area contributed by atoms with E-state index in [1.807, 2.05) is 31.2 Å². The molecule has 0 spiro atoms. The summed E-state index contributed by atoms with van der Waals surface area (Å²) in [5.41, 5.74) is 4.74. The van der Waals surface area contributed by atoms with Gasteiger partial charge in [-0.05, 0) is 54.8 Å². The van der Waals surface area contributed by atoms with Gasteiger partial charge in [-0.3, -0.25) is 4.79 Å². The Morgan fingerprint density at radius 2 is 1.77 bits per heavy atom. The third-order valence-electron chi connectivity index (χ3n) is 7.18. The van der Waals surface area contributed by atoms with Gasteiger partial charge < -0.3 is 19.7 Å². The number of aryl methyl sites for hydroxylation is 1. The number of benzene rings is 3. The Balaban J connectivity index is 1.43. The highest BCUT2D eigenvalue weighted by Gasteiger charge is 2.59. The number of hydrogen-bond donors (Lipinski definition) is 1. The number of nitrogens with one attached hydrogen (secondary N) is 1. The van der Waals surface area contributed by atoms with E-state index in [4.69, 9.17) is 9.47 Å². The summed E-state index contributed by atoms with van der Waals surface area (Å²) in [6.07, 6.45) is 4.19. The van der Waals surface area contributed by atoms with E-state index in [9.17, 15) is 4.79 Å². The fourth-order valence-electron chi connectivity index (χ4n) is 5.22. The Bertz CT molecular complexity index is 1280. The molecule has 1 saturated heterocycles. The third kappa shape index (κ3) is 3.95. The first-order valence-corrected chi connectivity index (χ1v) is 12.2. The molecule has 35 heavy (non-hydrogen) atoms. The number of anilines is 1. The van der Waals surface area contributed by atoms with Crippen LogP contribution in [-0.4, -0.2) is 24.7 Å². The summed E-state index contributed by atoms with van der Waals surface area (Å²) in [5.74, 6) is 1.46. The molecule has 5 nitrogen and oxygen atoms in total. The van der Waals surface area contributed by atoms with E-state index in [2.05, 4.69) is 85.6 Å². The molecular formula is C30H32N2O3. The van der Waals surface area contributed by atoms with Gasteiger partial charge in [0, 0.05) is 11.1 Å². The minimum atomic E-state index is -0.625. The van der Waals surface area contributed by atoms with E-state index in [1.54, 1.807) is 0 Å². The summed E-state index contributed by atoms with van der Waals surface area (Å²) in [6.45, 7) is 9.79. The first kappa shape index (κ1) is 23.0. The lowest BCUT2D eigenvalue weighted by Crippen LogP contribution is -2.58. The van der Waals surface area contributed by atoms with Crippen LogP contribution in [-0.2, 0) is 16.8 Å². The van der Waals surface area contributed by atoms with Gasteiger partial charge in [-0.15, -0.1) is 0 Å². The fraction of sp³-hybridized carbons (Fsp3) is 0.300. The largest absolute Gasteiger partial charge is 0.490 e. The summed E-state index contributed by atoms with van der Waals surface area (Å²) >= 11 is 0. The summed E-state index contributed by atoms with van der Waals surface area (Å²) in [5, 5.41) is 3.27. The zero-order chi connectivity index (χ0) is 24.6. The van der Waals surface area contributed by atoms with Gasteiger partial charge >= 0.3 is 0 Å². The molecule has 5 heteroatoms. The molecule has 1 fully saturated rings. The standard InChI is InChI=1S/C30H32N2O3/c1-5-34-27-18-22(14-15-26(27)35-20-23-12-10-21(2)11-13-23)16-17-30-29(3,4)24-8-6-7-9-25(24)32(30)19-28(33)31-30/h6-18H,5,19-20H2,1-4H3,(H,31,33)/b17-16+/t30-/m1/s1. The van der Waals surface area contributed by atoms with Crippen molar-refractivity contribution in [3.63, 3.8) is 0 Å². The zero-order valence-corrected chi connectivity index (χ0v) is 20.8. The third-order valence-corrected chi connectivity index (χ3v) is 7.18. The second-order valence-electron chi connectivity index (χ2n) is 9.79. The summed E-state index contributed by atoms with van der Waals surface area (Å²) in [6, 6.07) is 22.6. The minimum absolute atomic E-state index is 0.0343. The minimum Gasteiger partial charge on any atom is -0.490 e. The molecule has 1 amide bonds. The molecule has 1 atom stereocenters. The number of amides is 1. The van der Waals surface area contributed by atoms with E-state index in [0.29, 0.717) is 31.3 Å². The molecule has 2 heterocycles. The average molecular weight is 469 g/mol. The fourth-order valence-corrected chi connectivity index (χ4v) is 5.22. The van der Waals surface area contributed by atoms with Crippen LogP contribution in [0.2, 0.25) is 0 Å². The van der Waals surface area contributed by atoms with Crippen molar-refractivity contribution in [3.05, 3.63) is 95.1 Å². The SMILES string of the molecule is CCOc1cc(/C=C/[C@@]23NC(=O)CN2c2ccccc2C3(C)C)ccc1OCc1ccc(C)cc1. The molecular weight excluding hydrogens is 436 g/mol. The van der Waals surface area contributed by atoms with E-state index in [1.165, 1.54) is 11.1 Å². The summed E-state index contributed by atoms with van der Waals surface area (Å²) in [7, 11) is 0. The van der Waals surface area contributed by atoms with Crippen molar-refractivity contribution >= 4 is 17.7 Å². The first-order chi connectivity index (χ1) is 16.8. The second-order valence-corrected chi connectivity index (χ2v) is 9.79. The first-order valence-electron chi connectivity index (χ1n) is 12.2. The Morgan fingerprint density at radius 1 is 1.00 bits per heavy atom. The molecule has 3 aromatic carbocycles. The maximum atomic E-state index is 12.5. The lowest BCUT2D eigenvalue weighted by molar-refractivity contribution is -0.118. The molecule has 0 unspecified atom stereocenters. The monoisotopic (exact) mass is 468 g/mol. The number of para-hydroxylation sites is 1. The van der Waals surface area contributed by atoms with Gasteiger partial charge in [-0.25, -0.2) is 0 Å². The molecule has 0 aliphatic carbocycles. The maximum Gasteiger partial charge on any atom is 0.241 e. The smallest absolute Gasteiger partial charge is 0.241 e. The topological polar surface area (TPSA) is 50.8 Å². The number of rotatable bonds is 7. The van der Waals surface area contributed by atoms with Crippen LogP contribution in [0.15, 0.2) is 72.8 Å². The lowest BCUT2D eigenvalue weighted by Gasteiger charge is -2.40. The van der Waals surface area contributed by atoms with Gasteiger partial charge in [-0.1, -0.05) is 74.0 Å². The predicted octanol–water partition coefficient (Wildman–Crippen LogP) is 5.61. The van der Waals surface area contributed by atoms with Crippen LogP contribution < -0.4 is 19.7 Å². The highest BCUT2D eigenvalue weighted by Crippen LogP contribution is 2.52. The number of nitrogens with zero attached hydrogens (tertiary/aromatic N) is 1. The van der Waals surface area contributed by atoms with Gasteiger partial charge in [0.05, 0.1) is 13.2 Å². The maximum absolute atomic E-state index is 12.5. The normalized spacial score (nSPS) is 20.0. The van der Waals surface area contributed by atoms with Crippen molar-refractivity contribution in [2.45, 2.75) is 45.4 Å². The number of carbonyl (C=O) groups is 1. The predicted molar refractivity (Wildman–Crippen MR) is 140 cm³/mol. The molecule has 5 rings (SSSR count). The van der Waals surface area contributed by atoms with Crippen molar-refractivity contribution < 1.29 is 14.3 Å². The number of hydrogen-bond acceptors (Lipinski definition) is 4. The van der Waals surface area contributed by atoms with E-state index >= 15 is 0 Å². The van der Waals surface area contributed by atoms with Crippen LogP contribution in [0, 0.1) is 6.92 Å². The zero-order valence-electron chi connectivity index (χ0n) is 20.8. The highest BCUT2D eigenvalue weighted by molar-refractivity contribution is 5.91. The van der Waals surface area contributed by atoms with Crippen molar-refractivity contribution in [2.24, 2.45) is 0 Å². The van der Waals surface area contributed by atoms with Crippen LogP contribution in [0.4, 0.5) is 5.69 Å². The Kier molecular flexibility index (Phi) is 5.79. The Morgan fingerprint density at radius 3 is 2.54 bits per heavy atom. The number of carbonyl (C=O) groups excluding carboxylic acids is 1. The number of ether oxygens (including phenoxy) is 2. The summed E-state index contributed by atoms with van der Waals surface area (Å²) in [4.78, 5) is 14.7. The Labute approximate surface area is 207 Å². The average Bonchev–Trinajstić information content (AvgIpc) is 3.28. The molecule has 0 radical (unpaired) electrons. The molecule has 180 valence electrons. The van der Waals surface area contributed by atoms with E-state index in [-0.39, 0.29) is 11.3 Å². The van der Waals surface area contributed by atoms with E-state index in [0.717, 1.165) is 16.8 Å². The van der Waals surface area contributed by atoms with Gasteiger partial charge in [0.15, 0.2) is 11.5 Å². The van der Waals surface area contributed by atoms with Crippen molar-refractivity contribution in [3.8, 4) is 11.5 Å². The number of fused-ring (bicyclic) bond motifs is 3. The Hall–Kier alpha value is -3.73. The van der Waals surface area contributed by atoms with Crippen LogP contribution in [0.25, 0.3) is 6.08 Å². The van der Waals surface area contributed by atoms with Crippen LogP contribution in [0.3, 0.4) is 0 Å². The van der Waals surface area contributed by atoms with Crippen LogP contribution in [0.5, 0.6) is 11.5 Å². The molecule has 0 bridgehead atoms. The molecule has 3 aromatic rings. The molecule has 2 aliphatic rings. The quantitative estimate of drug-likeness (QED) is 0.490. The van der Waals surface area contributed by atoms with Crippen molar-refractivity contribution in [1.82, 2.24) is 5.32 Å². The highest BCUT2D eigenvalue weighted by atomic mass is 16.5. The van der Waals surface area contributed by atoms with Gasteiger partial charge in [0.2, 0.25) is 5.91 Å². The molecule has 2 aliphatic heterocycles. The summed E-state index contributed by atoms with van der Waals surface area (Å²) < 4.78 is 12.0. The van der Waals surface area contributed by atoms with Gasteiger partial charge in [0.25, 0.3) is 0 Å². The van der Waals surface area contributed by atoms with Gasteiger partial charge in [-0.2, -0.15) is 0 Å². The lowest BCUT2D eigenvalue weighted by atomic mass is 9.75. The molecule has 0 saturated carbocycles. The van der Waals surface area contributed by atoms with Crippen LogP contribution in [0.1, 0.15) is 43.0 Å². The molecule has 1 N–H and O–H groups in total. The van der Waals surface area contributed by atoms with Crippen molar-refractivity contribution in [1.29, 1.82) is 0 Å². The molecule has 0 aromatic heterocycles. The second kappa shape index (κ2) is 8.81. The van der Waals surface area contributed by atoms with E-state index < -0.39 is 5.66 Å².